The van der Waals surface area contributed by atoms with Crippen molar-refractivity contribution in [2.45, 2.75) is 0 Å². The van der Waals surface area contributed by atoms with Crippen LogP contribution in [-0.4, -0.2) is 0 Å². The van der Waals surface area contributed by atoms with Crippen LogP contribution < -0.4 is 0 Å². The van der Waals surface area contributed by atoms with Crippen molar-refractivity contribution in [3.05, 3.63) is 133 Å². The fourth-order valence-corrected chi connectivity index (χ4v) is 6.55. The van der Waals surface area contributed by atoms with Crippen molar-refractivity contribution >= 4 is 43.5 Å². The molecule has 0 aliphatic heterocycles. The van der Waals surface area contributed by atoms with Crippen LogP contribution in [0.2, 0.25) is 0 Å². The lowest BCUT2D eigenvalue weighted by molar-refractivity contribution is 0.670. The van der Waals surface area contributed by atoms with Crippen molar-refractivity contribution in [3.8, 4) is 44.5 Å². The molecular weight excluding hydrogens is 472 g/mol. The monoisotopic (exact) mass is 494 g/mol. The maximum absolute atomic E-state index is 6.31. The highest BCUT2D eigenvalue weighted by molar-refractivity contribution is 6.16. The highest BCUT2D eigenvalue weighted by atomic mass is 16.3. The van der Waals surface area contributed by atoms with Crippen molar-refractivity contribution in [2.24, 2.45) is 0 Å². The lowest BCUT2D eigenvalue weighted by Gasteiger charge is -2.10. The number of benzene rings is 7. The number of para-hydroxylation sites is 2. The minimum Gasteiger partial charge on any atom is -0.455 e. The van der Waals surface area contributed by atoms with Crippen molar-refractivity contribution in [1.29, 1.82) is 0 Å². The fourth-order valence-electron chi connectivity index (χ4n) is 6.55. The van der Waals surface area contributed by atoms with Crippen LogP contribution >= 0.6 is 0 Å². The molecule has 1 heteroatoms. The SMILES string of the molecule is c1ccc2c(c1)-c1cccc3cc(-c4ccc5cc(-c6cccc7c6oc6ccccc67)ccc5c4)cc-2c13. The molecule has 0 amide bonds. The Bertz CT molecular complexity index is 2280. The molecule has 180 valence electrons. The molecule has 8 aromatic rings. The van der Waals surface area contributed by atoms with Gasteiger partial charge in [-0.1, -0.05) is 103 Å². The number of hydrogen-bond donors (Lipinski definition) is 0. The topological polar surface area (TPSA) is 13.1 Å². The zero-order valence-corrected chi connectivity index (χ0v) is 21.1. The molecule has 1 nitrogen and oxygen atoms in total. The van der Waals surface area contributed by atoms with Gasteiger partial charge in [-0.3, -0.25) is 0 Å². The molecule has 9 rings (SSSR count). The minimum absolute atomic E-state index is 0.929. The summed E-state index contributed by atoms with van der Waals surface area (Å²) in [5, 5.41) is 7.44. The largest absolute Gasteiger partial charge is 0.455 e. The summed E-state index contributed by atoms with van der Waals surface area (Å²) in [5.41, 5.74) is 12.0. The first kappa shape index (κ1) is 20.9. The Labute approximate surface area is 225 Å². The van der Waals surface area contributed by atoms with E-state index in [0.717, 1.165) is 27.5 Å². The van der Waals surface area contributed by atoms with Gasteiger partial charge in [-0.15, -0.1) is 0 Å². The molecule has 0 unspecified atom stereocenters. The summed E-state index contributed by atoms with van der Waals surface area (Å²) in [5.74, 6) is 0. The summed E-state index contributed by atoms with van der Waals surface area (Å²) in [7, 11) is 0. The van der Waals surface area contributed by atoms with E-state index >= 15 is 0 Å². The van der Waals surface area contributed by atoms with Gasteiger partial charge in [0.15, 0.2) is 0 Å². The van der Waals surface area contributed by atoms with E-state index in [0.29, 0.717) is 0 Å². The van der Waals surface area contributed by atoms with E-state index < -0.39 is 0 Å². The van der Waals surface area contributed by atoms with E-state index in [1.54, 1.807) is 0 Å². The summed E-state index contributed by atoms with van der Waals surface area (Å²) >= 11 is 0. The highest BCUT2D eigenvalue weighted by Gasteiger charge is 2.21. The molecule has 0 atom stereocenters. The first-order chi connectivity index (χ1) is 19.3. The quantitative estimate of drug-likeness (QED) is 0.233. The number of fused-ring (bicyclic) bond motifs is 7. The fraction of sp³-hybridized carbons (Fsp3) is 0. The van der Waals surface area contributed by atoms with Gasteiger partial charge in [-0.05, 0) is 90.8 Å². The molecule has 0 saturated carbocycles. The normalized spacial score (nSPS) is 12.1. The molecule has 1 aliphatic rings. The minimum atomic E-state index is 0.929. The Morgan fingerprint density at radius 2 is 1.00 bits per heavy atom. The first-order valence-electron chi connectivity index (χ1n) is 13.4. The molecule has 1 aromatic heterocycles. The Balaban J connectivity index is 1.18. The van der Waals surface area contributed by atoms with Crippen LogP contribution in [0, 0.1) is 0 Å². The maximum atomic E-state index is 6.31. The van der Waals surface area contributed by atoms with E-state index in [1.807, 2.05) is 12.1 Å². The predicted molar refractivity (Wildman–Crippen MR) is 164 cm³/mol. The molecule has 0 N–H and O–H groups in total. The first-order valence-corrected chi connectivity index (χ1v) is 13.4. The van der Waals surface area contributed by atoms with Crippen molar-refractivity contribution in [3.63, 3.8) is 0 Å². The lowest BCUT2D eigenvalue weighted by Crippen LogP contribution is -1.84. The Morgan fingerprint density at radius 1 is 0.359 bits per heavy atom. The van der Waals surface area contributed by atoms with Gasteiger partial charge in [0, 0.05) is 16.3 Å². The third-order valence-corrected chi connectivity index (χ3v) is 8.37. The zero-order chi connectivity index (χ0) is 25.5. The number of rotatable bonds is 2. The van der Waals surface area contributed by atoms with Gasteiger partial charge < -0.3 is 4.42 Å². The van der Waals surface area contributed by atoms with E-state index in [2.05, 4.69) is 121 Å². The molecule has 39 heavy (non-hydrogen) atoms. The van der Waals surface area contributed by atoms with Gasteiger partial charge >= 0.3 is 0 Å². The summed E-state index contributed by atoms with van der Waals surface area (Å²) in [6.07, 6.45) is 0. The third-order valence-electron chi connectivity index (χ3n) is 8.37. The van der Waals surface area contributed by atoms with Crippen LogP contribution in [0.5, 0.6) is 0 Å². The predicted octanol–water partition coefficient (Wildman–Crippen LogP) is 10.9. The van der Waals surface area contributed by atoms with Crippen LogP contribution in [0.25, 0.3) is 88.0 Å². The third kappa shape index (κ3) is 2.96. The van der Waals surface area contributed by atoms with Gasteiger partial charge in [0.25, 0.3) is 0 Å². The molecule has 7 aromatic carbocycles. The zero-order valence-electron chi connectivity index (χ0n) is 21.1. The van der Waals surface area contributed by atoms with Crippen molar-refractivity contribution < 1.29 is 4.42 Å². The van der Waals surface area contributed by atoms with Gasteiger partial charge in [-0.2, -0.15) is 0 Å². The lowest BCUT2D eigenvalue weighted by atomic mass is 9.94. The summed E-state index contributed by atoms with van der Waals surface area (Å²) in [6, 6.07) is 48.4. The average Bonchev–Trinajstić information content (AvgIpc) is 3.54. The van der Waals surface area contributed by atoms with E-state index in [1.165, 1.54) is 60.5 Å². The Morgan fingerprint density at radius 3 is 1.90 bits per heavy atom. The molecule has 0 bridgehead atoms. The smallest absolute Gasteiger partial charge is 0.143 e. The standard InChI is InChI=1S/C38H22O/c1-2-9-31-30(8-1)33-12-5-7-27-21-28(22-35(31)37(27)33)25-16-15-24-20-26(18-17-23(24)19-25)29-11-6-13-34-32-10-3-4-14-36(32)39-38(29)34/h1-22H. The van der Waals surface area contributed by atoms with E-state index in [4.69, 9.17) is 4.42 Å². The molecule has 1 aliphatic carbocycles. The van der Waals surface area contributed by atoms with Crippen LogP contribution in [0.3, 0.4) is 0 Å². The molecule has 0 saturated heterocycles. The second kappa shape index (κ2) is 7.69. The van der Waals surface area contributed by atoms with Gasteiger partial charge in [0.1, 0.15) is 11.2 Å². The van der Waals surface area contributed by atoms with Crippen LogP contribution in [0.15, 0.2) is 138 Å². The molecule has 0 radical (unpaired) electrons. The highest BCUT2D eigenvalue weighted by Crippen LogP contribution is 2.48. The molecule has 0 fully saturated rings. The molecular formula is C38H22O. The van der Waals surface area contributed by atoms with E-state index in [9.17, 15) is 0 Å². The van der Waals surface area contributed by atoms with Crippen molar-refractivity contribution in [1.82, 2.24) is 0 Å². The number of furan rings is 1. The Hall–Kier alpha value is -5.14. The van der Waals surface area contributed by atoms with E-state index in [-0.39, 0.29) is 0 Å². The maximum Gasteiger partial charge on any atom is 0.143 e. The second-order valence-electron chi connectivity index (χ2n) is 10.5. The average molecular weight is 495 g/mol. The summed E-state index contributed by atoms with van der Waals surface area (Å²) in [4.78, 5) is 0. The second-order valence-corrected chi connectivity index (χ2v) is 10.5. The molecule has 1 heterocycles. The molecule has 0 spiro atoms. The van der Waals surface area contributed by atoms with Gasteiger partial charge in [0.05, 0.1) is 0 Å². The van der Waals surface area contributed by atoms with Crippen LogP contribution in [0.1, 0.15) is 0 Å². The van der Waals surface area contributed by atoms with Crippen LogP contribution in [0.4, 0.5) is 0 Å². The van der Waals surface area contributed by atoms with Crippen LogP contribution in [-0.2, 0) is 0 Å². The summed E-state index contributed by atoms with van der Waals surface area (Å²) in [6.45, 7) is 0. The van der Waals surface area contributed by atoms with Crippen molar-refractivity contribution in [2.75, 3.05) is 0 Å². The van der Waals surface area contributed by atoms with Gasteiger partial charge in [-0.25, -0.2) is 0 Å². The number of hydrogen-bond acceptors (Lipinski definition) is 1. The van der Waals surface area contributed by atoms with Gasteiger partial charge in [0.2, 0.25) is 0 Å². The summed E-state index contributed by atoms with van der Waals surface area (Å²) < 4.78 is 6.31. The Kier molecular flexibility index (Phi) is 4.11.